The number of benzene rings is 1. The molecule has 0 aliphatic carbocycles. The van der Waals surface area contributed by atoms with E-state index in [0.29, 0.717) is 11.3 Å². The number of halogens is 2. The van der Waals surface area contributed by atoms with Gasteiger partial charge < -0.3 is 10.6 Å². The molecule has 0 radical (unpaired) electrons. The minimum atomic E-state index is -0.748. The van der Waals surface area contributed by atoms with E-state index in [1.807, 2.05) is 6.07 Å². The van der Waals surface area contributed by atoms with Crippen LogP contribution in [0.15, 0.2) is 30.5 Å². The van der Waals surface area contributed by atoms with E-state index in [0.717, 1.165) is 0 Å². The molecule has 2 aromatic rings. The van der Waals surface area contributed by atoms with Crippen LogP contribution in [-0.2, 0) is 0 Å². The average Bonchev–Trinajstić information content (AvgIpc) is 2.49. The number of nitrogens with one attached hydrogen (secondary N) is 2. The number of carbonyl (C=O) groups excluding carboxylic acids is 1. The van der Waals surface area contributed by atoms with E-state index in [4.69, 9.17) is 16.9 Å². The standard InChI is InChI=1S/C14H10ClFN4O/c1-18-13-12(16)9(4-5-19-13)14(21)20-11-3-2-8(7-17)6-10(11)15/h2-6H,1H3,(H,18,19)(H,20,21). The van der Waals surface area contributed by atoms with Crippen LogP contribution in [-0.4, -0.2) is 17.9 Å². The van der Waals surface area contributed by atoms with Crippen LogP contribution in [0.1, 0.15) is 15.9 Å². The van der Waals surface area contributed by atoms with Gasteiger partial charge in [-0.05, 0) is 24.3 Å². The van der Waals surface area contributed by atoms with Crippen LogP contribution < -0.4 is 10.6 Å². The molecule has 5 nitrogen and oxygen atoms in total. The minimum absolute atomic E-state index is 0.0198. The first-order chi connectivity index (χ1) is 10.1. The van der Waals surface area contributed by atoms with Crippen LogP contribution in [0, 0.1) is 17.1 Å². The highest BCUT2D eigenvalue weighted by molar-refractivity contribution is 6.34. The summed E-state index contributed by atoms with van der Waals surface area (Å²) >= 11 is 5.95. The van der Waals surface area contributed by atoms with Crippen LogP contribution in [0.2, 0.25) is 5.02 Å². The van der Waals surface area contributed by atoms with E-state index in [2.05, 4.69) is 15.6 Å². The number of amides is 1. The maximum absolute atomic E-state index is 14.0. The lowest BCUT2D eigenvalue weighted by Crippen LogP contribution is -2.15. The first kappa shape index (κ1) is 14.8. The average molecular weight is 305 g/mol. The summed E-state index contributed by atoms with van der Waals surface area (Å²) in [7, 11) is 1.50. The Morgan fingerprint density at radius 1 is 1.43 bits per heavy atom. The Balaban J connectivity index is 2.29. The number of hydrogen-bond acceptors (Lipinski definition) is 4. The fraction of sp³-hybridized carbons (Fsp3) is 0.0714. The third-order valence-corrected chi connectivity index (χ3v) is 3.03. The van der Waals surface area contributed by atoms with Crippen LogP contribution in [0.5, 0.6) is 0 Å². The predicted molar refractivity (Wildman–Crippen MR) is 77.9 cm³/mol. The van der Waals surface area contributed by atoms with Crippen molar-refractivity contribution in [1.82, 2.24) is 4.98 Å². The van der Waals surface area contributed by atoms with Crippen LogP contribution in [0.3, 0.4) is 0 Å². The molecule has 0 saturated heterocycles. The largest absolute Gasteiger partial charge is 0.371 e. The van der Waals surface area contributed by atoms with Gasteiger partial charge in [-0.1, -0.05) is 11.6 Å². The van der Waals surface area contributed by atoms with Gasteiger partial charge in [0.05, 0.1) is 27.9 Å². The van der Waals surface area contributed by atoms with Crippen molar-refractivity contribution < 1.29 is 9.18 Å². The van der Waals surface area contributed by atoms with Crippen LogP contribution in [0.25, 0.3) is 0 Å². The molecule has 2 rings (SSSR count). The van der Waals surface area contributed by atoms with Gasteiger partial charge in [-0.2, -0.15) is 5.26 Å². The Morgan fingerprint density at radius 3 is 2.81 bits per heavy atom. The zero-order chi connectivity index (χ0) is 15.4. The monoisotopic (exact) mass is 304 g/mol. The van der Waals surface area contributed by atoms with Crippen molar-refractivity contribution in [3.05, 3.63) is 52.4 Å². The summed E-state index contributed by atoms with van der Waals surface area (Å²) in [6.45, 7) is 0. The molecular weight excluding hydrogens is 295 g/mol. The van der Waals surface area contributed by atoms with Gasteiger partial charge in [-0.25, -0.2) is 9.37 Å². The van der Waals surface area contributed by atoms with Crippen molar-refractivity contribution in [3.8, 4) is 6.07 Å². The Morgan fingerprint density at radius 2 is 2.19 bits per heavy atom. The highest BCUT2D eigenvalue weighted by Crippen LogP contribution is 2.24. The molecule has 0 spiro atoms. The predicted octanol–water partition coefficient (Wildman–Crippen LogP) is 3.04. The van der Waals surface area contributed by atoms with Crippen LogP contribution >= 0.6 is 11.6 Å². The molecule has 0 fully saturated rings. The first-order valence-corrected chi connectivity index (χ1v) is 6.28. The van der Waals surface area contributed by atoms with E-state index in [1.165, 1.54) is 37.5 Å². The lowest BCUT2D eigenvalue weighted by molar-refractivity contribution is 0.102. The van der Waals surface area contributed by atoms with E-state index >= 15 is 0 Å². The summed E-state index contributed by atoms with van der Waals surface area (Å²) in [5.74, 6) is -1.42. The van der Waals surface area contributed by atoms with Gasteiger partial charge in [0, 0.05) is 13.2 Å². The number of rotatable bonds is 3. The van der Waals surface area contributed by atoms with Crippen molar-refractivity contribution in [2.24, 2.45) is 0 Å². The highest BCUT2D eigenvalue weighted by Gasteiger charge is 2.16. The van der Waals surface area contributed by atoms with Gasteiger partial charge in [0.1, 0.15) is 0 Å². The smallest absolute Gasteiger partial charge is 0.258 e. The normalized spacial score (nSPS) is 9.81. The first-order valence-electron chi connectivity index (χ1n) is 5.90. The fourth-order valence-electron chi connectivity index (χ4n) is 1.67. The number of nitrogens with zero attached hydrogens (tertiary/aromatic N) is 2. The fourth-order valence-corrected chi connectivity index (χ4v) is 1.90. The molecule has 0 aliphatic heterocycles. The second-order valence-electron chi connectivity index (χ2n) is 4.03. The van der Waals surface area contributed by atoms with Gasteiger partial charge in [-0.15, -0.1) is 0 Å². The van der Waals surface area contributed by atoms with Crippen molar-refractivity contribution in [1.29, 1.82) is 5.26 Å². The summed E-state index contributed by atoms with van der Waals surface area (Å²) in [4.78, 5) is 15.8. The van der Waals surface area contributed by atoms with Crippen molar-refractivity contribution >= 4 is 29.0 Å². The maximum Gasteiger partial charge on any atom is 0.258 e. The van der Waals surface area contributed by atoms with E-state index in [1.54, 1.807) is 0 Å². The molecule has 0 unspecified atom stereocenters. The number of nitriles is 1. The lowest BCUT2D eigenvalue weighted by Gasteiger charge is -2.09. The van der Waals surface area contributed by atoms with Crippen molar-refractivity contribution in [2.75, 3.05) is 17.7 Å². The Bertz CT molecular complexity index is 742. The summed E-state index contributed by atoms with van der Waals surface area (Å²) < 4.78 is 14.0. The number of pyridine rings is 1. The molecule has 0 bridgehead atoms. The zero-order valence-electron chi connectivity index (χ0n) is 10.9. The van der Waals surface area contributed by atoms with Gasteiger partial charge >= 0.3 is 0 Å². The second kappa shape index (κ2) is 6.20. The van der Waals surface area contributed by atoms with Gasteiger partial charge in [0.15, 0.2) is 11.6 Å². The molecule has 0 atom stereocenters. The molecule has 21 heavy (non-hydrogen) atoms. The third kappa shape index (κ3) is 3.09. The summed E-state index contributed by atoms with van der Waals surface area (Å²) in [5.41, 5.74) is 0.503. The molecule has 2 N–H and O–H groups in total. The maximum atomic E-state index is 14.0. The lowest BCUT2D eigenvalue weighted by atomic mass is 10.2. The quantitative estimate of drug-likeness (QED) is 0.913. The number of hydrogen-bond donors (Lipinski definition) is 2. The molecule has 0 saturated carbocycles. The Kier molecular flexibility index (Phi) is 4.36. The molecule has 7 heteroatoms. The Labute approximate surface area is 125 Å². The Hall–Kier alpha value is -2.65. The molecule has 1 heterocycles. The summed E-state index contributed by atoms with van der Waals surface area (Å²) in [5, 5.41) is 14.0. The molecule has 1 aromatic heterocycles. The molecule has 1 amide bonds. The third-order valence-electron chi connectivity index (χ3n) is 2.72. The second-order valence-corrected chi connectivity index (χ2v) is 4.44. The van der Waals surface area contributed by atoms with Crippen molar-refractivity contribution in [2.45, 2.75) is 0 Å². The van der Waals surface area contributed by atoms with E-state index < -0.39 is 11.7 Å². The number of aromatic nitrogens is 1. The number of carbonyl (C=O) groups is 1. The molecule has 1 aromatic carbocycles. The van der Waals surface area contributed by atoms with Gasteiger partial charge in [0.25, 0.3) is 5.91 Å². The summed E-state index contributed by atoms with van der Waals surface area (Å²) in [6.07, 6.45) is 1.32. The van der Waals surface area contributed by atoms with E-state index in [-0.39, 0.29) is 16.4 Å². The summed E-state index contributed by atoms with van der Waals surface area (Å²) in [6, 6.07) is 7.60. The SMILES string of the molecule is CNc1nccc(C(=O)Nc2ccc(C#N)cc2Cl)c1F. The molecular formula is C14H10ClFN4O. The van der Waals surface area contributed by atoms with Crippen LogP contribution in [0.4, 0.5) is 15.9 Å². The minimum Gasteiger partial charge on any atom is -0.371 e. The highest BCUT2D eigenvalue weighted by atomic mass is 35.5. The molecule has 106 valence electrons. The topological polar surface area (TPSA) is 77.8 Å². The zero-order valence-corrected chi connectivity index (χ0v) is 11.7. The van der Waals surface area contributed by atoms with Gasteiger partial charge in [-0.3, -0.25) is 4.79 Å². The molecule has 0 aliphatic rings. The number of anilines is 2. The van der Waals surface area contributed by atoms with E-state index in [9.17, 15) is 9.18 Å². The van der Waals surface area contributed by atoms with Gasteiger partial charge in [0.2, 0.25) is 0 Å². The van der Waals surface area contributed by atoms with Crippen molar-refractivity contribution in [3.63, 3.8) is 0 Å².